The van der Waals surface area contributed by atoms with Crippen molar-refractivity contribution in [1.82, 2.24) is 0 Å². The molecular weight excluding hydrogens is 456 g/mol. The molecule has 2 aliphatic heterocycles. The van der Waals surface area contributed by atoms with E-state index in [4.69, 9.17) is 9.47 Å². The third-order valence-electron chi connectivity index (χ3n) is 12.8. The van der Waals surface area contributed by atoms with Crippen molar-refractivity contribution in [1.29, 1.82) is 0 Å². The number of hydrogen-bond acceptors (Lipinski definition) is 6. The van der Waals surface area contributed by atoms with E-state index in [-0.39, 0.29) is 40.6 Å². The number of ether oxygens (including phenoxy) is 2. The van der Waals surface area contributed by atoms with E-state index >= 15 is 0 Å². The molecule has 0 aromatic heterocycles. The Bertz CT molecular complexity index is 1020. The predicted octanol–water partition coefficient (Wildman–Crippen LogP) is 3.47. The van der Waals surface area contributed by atoms with Gasteiger partial charge in [0.25, 0.3) is 0 Å². The maximum Gasteiger partial charge on any atom is 0.160 e. The van der Waals surface area contributed by atoms with E-state index in [2.05, 4.69) is 32.9 Å². The average Bonchev–Trinajstić information content (AvgIpc) is 3.43. The van der Waals surface area contributed by atoms with Gasteiger partial charge in [0.05, 0.1) is 23.9 Å². The van der Waals surface area contributed by atoms with Gasteiger partial charge in [-0.15, -0.1) is 0 Å². The molecule has 7 rings (SSSR count). The molecule has 6 heteroatoms. The first kappa shape index (κ1) is 24.3. The lowest BCUT2D eigenvalue weighted by atomic mass is 9.51. The molecule has 6 nitrogen and oxygen atoms in total. The van der Waals surface area contributed by atoms with Crippen LogP contribution >= 0.6 is 0 Å². The third-order valence-corrected chi connectivity index (χ3v) is 12.8. The van der Waals surface area contributed by atoms with E-state index in [1.807, 2.05) is 6.92 Å². The van der Waals surface area contributed by atoms with E-state index < -0.39 is 35.8 Å². The molecule has 0 amide bonds. The molecule has 2 saturated heterocycles. The molecule has 0 aromatic rings. The van der Waals surface area contributed by atoms with Crippen LogP contribution in [0, 0.1) is 40.4 Å². The highest BCUT2D eigenvalue weighted by atomic mass is 16.7. The Morgan fingerprint density at radius 1 is 1.00 bits per heavy atom. The summed E-state index contributed by atoms with van der Waals surface area (Å²) >= 11 is 0. The van der Waals surface area contributed by atoms with E-state index in [0.717, 1.165) is 44.9 Å². The molecule has 0 aromatic carbocycles. The van der Waals surface area contributed by atoms with Gasteiger partial charge in [-0.25, -0.2) is 0 Å². The van der Waals surface area contributed by atoms with Gasteiger partial charge in [-0.3, -0.25) is 0 Å². The predicted molar refractivity (Wildman–Crippen MR) is 134 cm³/mol. The second-order valence-corrected chi connectivity index (χ2v) is 14.2. The smallest absolute Gasteiger partial charge is 0.160 e. The molecule has 3 saturated carbocycles. The van der Waals surface area contributed by atoms with Crippen LogP contribution in [0.15, 0.2) is 23.3 Å². The Morgan fingerprint density at radius 3 is 2.56 bits per heavy atom. The zero-order valence-electron chi connectivity index (χ0n) is 22.2. The lowest BCUT2D eigenvalue weighted by Crippen LogP contribution is -2.54. The molecule has 0 radical (unpaired) electrons. The molecule has 4 N–H and O–H groups in total. The highest BCUT2D eigenvalue weighted by Gasteiger charge is 2.75. The quantitative estimate of drug-likeness (QED) is 0.440. The van der Waals surface area contributed by atoms with E-state index in [0.29, 0.717) is 12.3 Å². The molecule has 200 valence electrons. The van der Waals surface area contributed by atoms with Crippen LogP contribution < -0.4 is 0 Å². The molecule has 5 aliphatic carbocycles. The monoisotopic (exact) mass is 500 g/mol. The van der Waals surface area contributed by atoms with E-state index in [9.17, 15) is 20.4 Å². The van der Waals surface area contributed by atoms with Crippen molar-refractivity contribution in [2.45, 2.75) is 121 Å². The SMILES string of the molecule is CC1CC[C@@]2(C)O[C@@H]3[C@H]([C@H]4[C@H](O)CC5C6=CCC7C[C@@H](O)CC[C@]7(C)C6=CC[C@@]54C)[C@H](O)O[C@@H]3C12O. The molecule has 5 fully saturated rings. The van der Waals surface area contributed by atoms with Gasteiger partial charge in [0.15, 0.2) is 6.29 Å². The van der Waals surface area contributed by atoms with Crippen molar-refractivity contribution in [2.75, 3.05) is 0 Å². The zero-order valence-corrected chi connectivity index (χ0v) is 22.2. The summed E-state index contributed by atoms with van der Waals surface area (Å²) in [6.07, 6.45) is 8.99. The summed E-state index contributed by atoms with van der Waals surface area (Å²) in [7, 11) is 0. The van der Waals surface area contributed by atoms with Crippen LogP contribution in [0.1, 0.15) is 79.1 Å². The van der Waals surface area contributed by atoms with Crippen molar-refractivity contribution in [2.24, 2.45) is 40.4 Å². The minimum atomic E-state index is -1.11. The van der Waals surface area contributed by atoms with Gasteiger partial charge in [-0.1, -0.05) is 32.9 Å². The fraction of sp³-hybridized carbons (Fsp3) is 0.867. The Kier molecular flexibility index (Phi) is 5.03. The third kappa shape index (κ3) is 2.74. The van der Waals surface area contributed by atoms with Crippen molar-refractivity contribution in [3.05, 3.63) is 23.3 Å². The van der Waals surface area contributed by atoms with Gasteiger partial charge in [0.1, 0.15) is 11.7 Å². The van der Waals surface area contributed by atoms with Gasteiger partial charge in [-0.05, 0) is 98.0 Å². The average molecular weight is 501 g/mol. The van der Waals surface area contributed by atoms with Gasteiger partial charge in [0, 0.05) is 11.8 Å². The topological polar surface area (TPSA) is 99.4 Å². The van der Waals surface area contributed by atoms with Crippen molar-refractivity contribution in [3.63, 3.8) is 0 Å². The molecule has 4 unspecified atom stereocenters. The summed E-state index contributed by atoms with van der Waals surface area (Å²) in [5.41, 5.74) is 0.932. The normalized spacial score (nSPS) is 61.6. The number of aliphatic hydroxyl groups is 4. The number of aliphatic hydroxyl groups excluding tert-OH is 3. The number of allylic oxidation sites excluding steroid dienone is 4. The Morgan fingerprint density at radius 2 is 1.78 bits per heavy atom. The molecular formula is C30H44O6. The van der Waals surface area contributed by atoms with Gasteiger partial charge >= 0.3 is 0 Å². The first-order valence-electron chi connectivity index (χ1n) is 14.4. The Balaban J connectivity index is 1.24. The standard InChI is InChI=1S/C30H44O6/c1-15-7-12-29(4)30(15,34)25-24(36-29)22(26(33)35-25)23-21(32)14-20-18-6-5-16-13-17(31)8-10-27(16,2)19(18)9-11-28(20,23)3/h6,9,15-17,20-26,31-34H,5,7-8,10-14H2,1-4H3/t15?,16?,17-,20?,21+,22-,23+,24+,25-,26+,27-,28-,29+,30?/m0/s1. The number of hydrogen-bond donors (Lipinski definition) is 4. The van der Waals surface area contributed by atoms with Crippen LogP contribution in [0.2, 0.25) is 0 Å². The van der Waals surface area contributed by atoms with Crippen LogP contribution in [-0.4, -0.2) is 62.3 Å². The van der Waals surface area contributed by atoms with Crippen molar-refractivity contribution >= 4 is 0 Å². The van der Waals surface area contributed by atoms with Crippen molar-refractivity contribution < 1.29 is 29.9 Å². The first-order valence-corrected chi connectivity index (χ1v) is 14.4. The lowest BCUT2D eigenvalue weighted by Gasteiger charge is -2.53. The maximum atomic E-state index is 11.8. The van der Waals surface area contributed by atoms with Crippen LogP contribution in [0.4, 0.5) is 0 Å². The van der Waals surface area contributed by atoms with Crippen LogP contribution in [-0.2, 0) is 9.47 Å². The number of rotatable bonds is 1. The second kappa shape index (κ2) is 7.45. The van der Waals surface area contributed by atoms with E-state index in [1.54, 1.807) is 0 Å². The highest BCUT2D eigenvalue weighted by Crippen LogP contribution is 2.68. The fourth-order valence-corrected chi connectivity index (χ4v) is 10.6. The Labute approximate surface area is 214 Å². The van der Waals surface area contributed by atoms with Crippen molar-refractivity contribution in [3.8, 4) is 0 Å². The lowest BCUT2D eigenvalue weighted by molar-refractivity contribution is -0.210. The zero-order chi connectivity index (χ0) is 25.4. The Hall–Kier alpha value is -0.760. The molecule has 0 spiro atoms. The highest BCUT2D eigenvalue weighted by molar-refractivity contribution is 5.47. The second-order valence-electron chi connectivity index (χ2n) is 14.2. The minimum absolute atomic E-state index is 0.0376. The maximum absolute atomic E-state index is 11.8. The summed E-state index contributed by atoms with van der Waals surface area (Å²) in [4.78, 5) is 0. The largest absolute Gasteiger partial charge is 0.393 e. The molecule has 14 atom stereocenters. The summed E-state index contributed by atoms with van der Waals surface area (Å²) in [6.45, 7) is 8.74. The van der Waals surface area contributed by atoms with Crippen LogP contribution in [0.25, 0.3) is 0 Å². The summed E-state index contributed by atoms with van der Waals surface area (Å²) < 4.78 is 12.8. The van der Waals surface area contributed by atoms with Gasteiger partial charge in [-0.2, -0.15) is 0 Å². The summed E-state index contributed by atoms with van der Waals surface area (Å²) in [5, 5.41) is 45.0. The summed E-state index contributed by atoms with van der Waals surface area (Å²) in [6, 6.07) is 0. The van der Waals surface area contributed by atoms with Crippen LogP contribution in [0.3, 0.4) is 0 Å². The molecule has 7 aliphatic rings. The molecule has 2 heterocycles. The van der Waals surface area contributed by atoms with Gasteiger partial charge < -0.3 is 29.9 Å². The summed E-state index contributed by atoms with van der Waals surface area (Å²) in [5.74, 6) is 0.197. The minimum Gasteiger partial charge on any atom is -0.393 e. The fourth-order valence-electron chi connectivity index (χ4n) is 10.6. The van der Waals surface area contributed by atoms with Crippen LogP contribution in [0.5, 0.6) is 0 Å². The first-order chi connectivity index (χ1) is 16.9. The molecule has 36 heavy (non-hydrogen) atoms. The van der Waals surface area contributed by atoms with Gasteiger partial charge in [0.2, 0.25) is 0 Å². The molecule has 0 bridgehead atoms. The number of fused-ring (bicyclic) bond motifs is 8. The van der Waals surface area contributed by atoms with E-state index in [1.165, 1.54) is 11.1 Å².